The summed E-state index contributed by atoms with van der Waals surface area (Å²) in [6.45, 7) is 8.70. The molecule has 3 unspecified atom stereocenters. The Balaban J connectivity index is 1.99. The van der Waals surface area contributed by atoms with Gasteiger partial charge in [0.2, 0.25) is 0 Å². The molecule has 2 saturated heterocycles. The first-order valence-electron chi connectivity index (χ1n) is 9.19. The highest BCUT2D eigenvalue weighted by molar-refractivity contribution is 7.87. The van der Waals surface area contributed by atoms with Crippen LogP contribution >= 0.6 is 0 Å². The van der Waals surface area contributed by atoms with Gasteiger partial charge >= 0.3 is 0 Å². The summed E-state index contributed by atoms with van der Waals surface area (Å²) in [5, 5.41) is 0. The molecule has 0 bridgehead atoms. The smallest absolute Gasteiger partial charge is 0.275 e. The predicted molar refractivity (Wildman–Crippen MR) is 97.0 cm³/mol. The van der Waals surface area contributed by atoms with E-state index in [1.165, 1.54) is 0 Å². The van der Waals surface area contributed by atoms with Crippen LogP contribution in [0.3, 0.4) is 0 Å². The van der Waals surface area contributed by atoms with Gasteiger partial charge in [0.05, 0.1) is 0 Å². The predicted octanol–water partition coefficient (Wildman–Crippen LogP) is 3.38. The molecule has 3 aliphatic rings. The zero-order valence-corrected chi connectivity index (χ0v) is 16.3. The van der Waals surface area contributed by atoms with Crippen LogP contribution in [-0.4, -0.2) is 44.1 Å². The van der Waals surface area contributed by atoms with Crippen LogP contribution in [0, 0.1) is 17.3 Å². The molecular formula is C19H30O5S. The van der Waals surface area contributed by atoms with Crippen molar-refractivity contribution < 1.29 is 22.4 Å². The van der Waals surface area contributed by atoms with Gasteiger partial charge in [0.1, 0.15) is 4.75 Å². The second-order valence-corrected chi connectivity index (χ2v) is 10.0. The fourth-order valence-electron chi connectivity index (χ4n) is 4.78. The van der Waals surface area contributed by atoms with E-state index in [-0.39, 0.29) is 5.92 Å². The van der Waals surface area contributed by atoms with Crippen LogP contribution in [-0.2, 0) is 19.6 Å². The highest BCUT2D eigenvalue weighted by atomic mass is 32.2. The first-order valence-corrected chi connectivity index (χ1v) is 10.6. The molecule has 142 valence electrons. The number of ether oxygens (including phenoxy) is 2. The molecule has 2 fully saturated rings. The first kappa shape index (κ1) is 19.1. The third-order valence-corrected chi connectivity index (χ3v) is 8.22. The Morgan fingerprint density at radius 2 is 1.76 bits per heavy atom. The lowest BCUT2D eigenvalue weighted by Crippen LogP contribution is -2.53. The van der Waals surface area contributed by atoms with E-state index in [1.807, 2.05) is 26.8 Å². The fourth-order valence-corrected chi connectivity index (χ4v) is 6.23. The molecule has 0 aromatic heterocycles. The van der Waals surface area contributed by atoms with Crippen LogP contribution in [0.1, 0.15) is 46.5 Å². The number of allylic oxidation sites excluding steroid dienone is 3. The maximum absolute atomic E-state index is 12.6. The first-order chi connectivity index (χ1) is 11.7. The summed E-state index contributed by atoms with van der Waals surface area (Å²) in [4.78, 5) is 0. The van der Waals surface area contributed by atoms with Crippen LogP contribution in [0.25, 0.3) is 0 Å². The molecule has 3 rings (SSSR count). The van der Waals surface area contributed by atoms with Crippen molar-refractivity contribution >= 4 is 10.1 Å². The summed E-state index contributed by atoms with van der Waals surface area (Å²) in [6, 6.07) is 0. The van der Waals surface area contributed by atoms with Crippen molar-refractivity contribution in [2.75, 3.05) is 26.4 Å². The third-order valence-electron chi connectivity index (χ3n) is 6.48. The molecule has 0 radical (unpaired) electrons. The molecule has 5 nitrogen and oxygen atoms in total. The second-order valence-electron chi connectivity index (χ2n) is 8.35. The normalized spacial score (nSPS) is 35.5. The van der Waals surface area contributed by atoms with Crippen LogP contribution < -0.4 is 0 Å². The largest absolute Gasteiger partial charge is 0.381 e. The Morgan fingerprint density at radius 1 is 1.16 bits per heavy atom. The van der Waals surface area contributed by atoms with Crippen molar-refractivity contribution in [3.63, 3.8) is 0 Å². The third kappa shape index (κ3) is 3.34. The minimum absolute atomic E-state index is 0.153. The Bertz CT molecular complexity index is 664. The molecule has 1 N–H and O–H groups in total. The van der Waals surface area contributed by atoms with E-state index in [9.17, 15) is 13.0 Å². The van der Waals surface area contributed by atoms with Gasteiger partial charge in [0.15, 0.2) is 0 Å². The molecule has 0 aromatic carbocycles. The highest BCUT2D eigenvalue weighted by Gasteiger charge is 2.57. The van der Waals surface area contributed by atoms with Gasteiger partial charge in [0, 0.05) is 31.8 Å². The number of hydrogen-bond acceptors (Lipinski definition) is 4. The summed E-state index contributed by atoms with van der Waals surface area (Å²) in [5.74, 6) is 0.574. The van der Waals surface area contributed by atoms with Crippen LogP contribution in [0.5, 0.6) is 0 Å². The van der Waals surface area contributed by atoms with E-state index in [4.69, 9.17) is 9.47 Å². The van der Waals surface area contributed by atoms with Crippen molar-refractivity contribution in [1.82, 2.24) is 0 Å². The Kier molecular flexibility index (Phi) is 5.19. The molecule has 3 atom stereocenters. The number of rotatable bonds is 5. The van der Waals surface area contributed by atoms with E-state index >= 15 is 0 Å². The molecule has 25 heavy (non-hydrogen) atoms. The molecule has 0 aromatic rings. The second kappa shape index (κ2) is 6.80. The maximum Gasteiger partial charge on any atom is 0.275 e. The van der Waals surface area contributed by atoms with Gasteiger partial charge in [-0.3, -0.25) is 4.55 Å². The van der Waals surface area contributed by atoms with Crippen molar-refractivity contribution in [2.24, 2.45) is 17.3 Å². The average Bonchev–Trinajstić information content (AvgIpc) is 3.19. The topological polar surface area (TPSA) is 72.8 Å². The molecule has 2 aliphatic heterocycles. The van der Waals surface area contributed by atoms with E-state index in [0.29, 0.717) is 25.6 Å². The van der Waals surface area contributed by atoms with Gasteiger partial charge in [-0.15, -0.1) is 0 Å². The zero-order valence-electron chi connectivity index (χ0n) is 15.5. The van der Waals surface area contributed by atoms with E-state index in [2.05, 4.69) is 0 Å². The van der Waals surface area contributed by atoms with Gasteiger partial charge in [-0.2, -0.15) is 8.42 Å². The Labute approximate surface area is 151 Å². The molecule has 0 saturated carbocycles. The summed E-state index contributed by atoms with van der Waals surface area (Å²) in [5.41, 5.74) is 1.56. The van der Waals surface area contributed by atoms with Crippen molar-refractivity contribution in [3.05, 3.63) is 23.3 Å². The lowest BCUT2D eigenvalue weighted by Gasteiger charge is -2.48. The summed E-state index contributed by atoms with van der Waals surface area (Å²) in [6.07, 6.45) is 6.68. The van der Waals surface area contributed by atoms with E-state index in [1.54, 1.807) is 6.08 Å². The lowest BCUT2D eigenvalue weighted by atomic mass is 9.63. The van der Waals surface area contributed by atoms with Crippen molar-refractivity contribution in [2.45, 2.75) is 51.2 Å². The SMILES string of the molecule is CC1=C(CC2CCOC2)C(C)(C)C(CC2CCOC2)(S(=O)(=O)O)C=C1. The van der Waals surface area contributed by atoms with Gasteiger partial charge in [-0.05, 0) is 44.4 Å². The summed E-state index contributed by atoms with van der Waals surface area (Å²) in [7, 11) is -4.28. The monoisotopic (exact) mass is 370 g/mol. The average molecular weight is 371 g/mol. The molecule has 0 spiro atoms. The van der Waals surface area contributed by atoms with Crippen LogP contribution in [0.2, 0.25) is 0 Å². The van der Waals surface area contributed by atoms with Gasteiger partial charge < -0.3 is 9.47 Å². The van der Waals surface area contributed by atoms with Gasteiger partial charge in [0.25, 0.3) is 10.1 Å². The molecule has 2 heterocycles. The zero-order chi connectivity index (χ0) is 18.3. The van der Waals surface area contributed by atoms with Gasteiger partial charge in [-0.1, -0.05) is 37.1 Å². The van der Waals surface area contributed by atoms with E-state index < -0.39 is 20.3 Å². The Hall–Kier alpha value is -0.690. The van der Waals surface area contributed by atoms with Crippen molar-refractivity contribution in [1.29, 1.82) is 0 Å². The molecule has 0 amide bonds. The fraction of sp³-hybridized carbons (Fsp3) is 0.789. The standard InChI is InChI=1S/C19H30O5S/c1-14-4-7-19(25(20,21)22,11-16-6-9-24-13-16)18(2,3)17(14)10-15-5-8-23-12-15/h4,7,15-16H,5-6,8-13H2,1-3H3,(H,20,21,22). The minimum Gasteiger partial charge on any atom is -0.381 e. The lowest BCUT2D eigenvalue weighted by molar-refractivity contribution is 0.172. The van der Waals surface area contributed by atoms with Gasteiger partial charge in [-0.25, -0.2) is 0 Å². The summed E-state index contributed by atoms with van der Waals surface area (Å²) >= 11 is 0. The maximum atomic E-state index is 12.6. The van der Waals surface area contributed by atoms with Crippen LogP contribution in [0.15, 0.2) is 23.3 Å². The Morgan fingerprint density at radius 3 is 2.28 bits per heavy atom. The van der Waals surface area contributed by atoms with E-state index in [0.717, 1.165) is 43.6 Å². The molecule has 1 aliphatic carbocycles. The number of hydrogen-bond donors (Lipinski definition) is 1. The molecule has 6 heteroatoms. The quantitative estimate of drug-likeness (QED) is 0.751. The highest BCUT2D eigenvalue weighted by Crippen LogP contribution is 2.53. The minimum atomic E-state index is -4.28. The summed E-state index contributed by atoms with van der Waals surface area (Å²) < 4.78 is 45.2. The van der Waals surface area contributed by atoms with Crippen LogP contribution in [0.4, 0.5) is 0 Å². The van der Waals surface area contributed by atoms with Crippen molar-refractivity contribution in [3.8, 4) is 0 Å². The molecular weight excluding hydrogens is 340 g/mol.